The number of carbonyl (C=O) groups is 1. The van der Waals surface area contributed by atoms with E-state index in [2.05, 4.69) is 15.6 Å². The monoisotopic (exact) mass is 416 g/mol. The minimum Gasteiger partial charge on any atom is -0.494 e. The predicted molar refractivity (Wildman–Crippen MR) is 109 cm³/mol. The Morgan fingerprint density at radius 3 is 2.83 bits per heavy atom. The van der Waals surface area contributed by atoms with Gasteiger partial charge in [0.15, 0.2) is 16.7 Å². The maximum absolute atomic E-state index is 13.8. The molecule has 0 bridgehead atoms. The number of nitro groups is 1. The van der Waals surface area contributed by atoms with E-state index in [1.54, 1.807) is 29.6 Å². The second-order valence-corrected chi connectivity index (χ2v) is 6.74. The van der Waals surface area contributed by atoms with E-state index < -0.39 is 10.7 Å². The van der Waals surface area contributed by atoms with E-state index >= 15 is 0 Å². The van der Waals surface area contributed by atoms with Crippen LogP contribution in [0.1, 0.15) is 6.42 Å². The number of rotatable bonds is 8. The van der Waals surface area contributed by atoms with Gasteiger partial charge >= 0.3 is 0 Å². The van der Waals surface area contributed by atoms with Crippen molar-refractivity contribution in [2.45, 2.75) is 6.42 Å². The van der Waals surface area contributed by atoms with Gasteiger partial charge in [-0.15, -0.1) is 11.3 Å². The highest BCUT2D eigenvalue weighted by atomic mass is 32.1. The molecule has 2 aromatic carbocycles. The molecule has 8 nitrogen and oxygen atoms in total. The van der Waals surface area contributed by atoms with Crippen LogP contribution < -0.4 is 15.4 Å². The Morgan fingerprint density at radius 1 is 1.31 bits per heavy atom. The van der Waals surface area contributed by atoms with Gasteiger partial charge in [-0.3, -0.25) is 14.9 Å². The van der Waals surface area contributed by atoms with Crippen LogP contribution in [0.4, 0.5) is 20.9 Å². The molecule has 1 aromatic heterocycles. The van der Waals surface area contributed by atoms with E-state index in [0.29, 0.717) is 22.1 Å². The zero-order valence-corrected chi connectivity index (χ0v) is 16.2. The number of carbonyl (C=O) groups excluding carboxylic acids is 1. The highest BCUT2D eigenvalue weighted by Crippen LogP contribution is 2.28. The summed E-state index contributed by atoms with van der Waals surface area (Å²) in [6.45, 7) is 0.221. The Balaban J connectivity index is 1.56. The molecule has 3 aromatic rings. The number of aromatic nitrogens is 1. The first-order valence-corrected chi connectivity index (χ1v) is 9.42. The molecule has 0 aliphatic rings. The Kier molecular flexibility index (Phi) is 6.35. The zero-order valence-electron chi connectivity index (χ0n) is 15.3. The Bertz CT molecular complexity index is 1040. The molecule has 0 aliphatic heterocycles. The van der Waals surface area contributed by atoms with Crippen molar-refractivity contribution < 1.29 is 18.8 Å². The highest BCUT2D eigenvalue weighted by Gasteiger charge is 2.13. The summed E-state index contributed by atoms with van der Waals surface area (Å²) in [4.78, 5) is 26.9. The Hall–Kier alpha value is -3.53. The number of methoxy groups -OCH3 is 1. The van der Waals surface area contributed by atoms with Gasteiger partial charge in [-0.05, 0) is 24.3 Å². The number of nitrogens with one attached hydrogen (secondary N) is 2. The maximum Gasteiger partial charge on any atom is 0.292 e. The number of benzene rings is 2. The van der Waals surface area contributed by atoms with Crippen LogP contribution in [0.25, 0.3) is 11.3 Å². The first-order valence-electron chi connectivity index (χ1n) is 8.54. The minimum absolute atomic E-state index is 0.0517. The van der Waals surface area contributed by atoms with E-state index in [1.807, 2.05) is 0 Å². The number of ether oxygens (including phenoxy) is 1. The van der Waals surface area contributed by atoms with Crippen LogP contribution >= 0.6 is 11.3 Å². The molecule has 0 saturated carbocycles. The highest BCUT2D eigenvalue weighted by molar-refractivity contribution is 7.14. The zero-order chi connectivity index (χ0) is 20.8. The third-order valence-corrected chi connectivity index (χ3v) is 4.72. The third kappa shape index (κ3) is 5.05. The van der Waals surface area contributed by atoms with Crippen molar-refractivity contribution in [3.63, 3.8) is 0 Å². The fourth-order valence-electron chi connectivity index (χ4n) is 2.56. The number of amides is 1. The third-order valence-electron chi connectivity index (χ3n) is 3.97. The van der Waals surface area contributed by atoms with E-state index in [9.17, 15) is 19.3 Å². The summed E-state index contributed by atoms with van der Waals surface area (Å²) in [5, 5.41) is 18.6. The van der Waals surface area contributed by atoms with E-state index in [0.717, 1.165) is 0 Å². The molecule has 0 aliphatic carbocycles. The molecule has 0 saturated heterocycles. The molecule has 29 heavy (non-hydrogen) atoms. The number of hydrogen-bond donors (Lipinski definition) is 2. The Labute approximate surface area is 169 Å². The van der Waals surface area contributed by atoms with Crippen molar-refractivity contribution in [1.82, 2.24) is 4.98 Å². The summed E-state index contributed by atoms with van der Waals surface area (Å²) in [6, 6.07) is 10.7. The van der Waals surface area contributed by atoms with Gasteiger partial charge in [0.05, 0.1) is 17.7 Å². The van der Waals surface area contributed by atoms with Gasteiger partial charge in [0.2, 0.25) is 5.91 Å². The van der Waals surface area contributed by atoms with Crippen LogP contribution in [-0.2, 0) is 4.79 Å². The smallest absolute Gasteiger partial charge is 0.292 e. The number of hydrogen-bond acceptors (Lipinski definition) is 7. The first-order chi connectivity index (χ1) is 14.0. The molecule has 0 fully saturated rings. The van der Waals surface area contributed by atoms with Gasteiger partial charge in [0.25, 0.3) is 5.69 Å². The number of anilines is 2. The number of nitro benzene ring substituents is 1. The van der Waals surface area contributed by atoms with Crippen molar-refractivity contribution in [3.05, 3.63) is 63.8 Å². The molecule has 1 amide bonds. The van der Waals surface area contributed by atoms with E-state index in [4.69, 9.17) is 4.74 Å². The molecule has 0 atom stereocenters. The fourth-order valence-corrected chi connectivity index (χ4v) is 3.30. The largest absolute Gasteiger partial charge is 0.494 e. The molecular formula is C19H17FN4O4S. The number of halogens is 1. The van der Waals surface area contributed by atoms with E-state index in [1.165, 1.54) is 36.6 Å². The van der Waals surface area contributed by atoms with Gasteiger partial charge < -0.3 is 15.4 Å². The van der Waals surface area contributed by atoms with Crippen LogP contribution in [0.3, 0.4) is 0 Å². The summed E-state index contributed by atoms with van der Waals surface area (Å²) >= 11 is 1.22. The van der Waals surface area contributed by atoms with Gasteiger partial charge in [0, 0.05) is 30.0 Å². The second-order valence-electron chi connectivity index (χ2n) is 5.89. The molecule has 1 heterocycles. The quantitative estimate of drug-likeness (QED) is 0.419. The topological polar surface area (TPSA) is 106 Å². The molecule has 3 rings (SSSR count). The van der Waals surface area contributed by atoms with Crippen molar-refractivity contribution in [2.75, 3.05) is 24.3 Å². The molecular weight excluding hydrogens is 399 g/mol. The summed E-state index contributed by atoms with van der Waals surface area (Å²) in [7, 11) is 1.39. The summed E-state index contributed by atoms with van der Waals surface area (Å²) in [5.41, 5.74) is 1.40. The molecule has 10 heteroatoms. The maximum atomic E-state index is 13.8. The Morgan fingerprint density at radius 2 is 2.10 bits per heavy atom. The van der Waals surface area contributed by atoms with Gasteiger partial charge in [0.1, 0.15) is 5.69 Å². The van der Waals surface area contributed by atoms with Crippen LogP contribution in [0.5, 0.6) is 5.75 Å². The lowest BCUT2D eigenvalue weighted by atomic mass is 10.1. The minimum atomic E-state index is -0.496. The summed E-state index contributed by atoms with van der Waals surface area (Å²) in [6.07, 6.45) is 0.0954. The normalized spacial score (nSPS) is 10.4. The molecule has 150 valence electrons. The SMILES string of the molecule is COc1ccc(-c2csc(NC(=O)CCNc3ccccc3[N+](=O)[O-])n2)cc1F. The van der Waals surface area contributed by atoms with Gasteiger partial charge in [-0.2, -0.15) is 0 Å². The average molecular weight is 416 g/mol. The van der Waals surface area contributed by atoms with Crippen molar-refractivity contribution in [3.8, 4) is 17.0 Å². The first kappa shape index (κ1) is 20.2. The van der Waals surface area contributed by atoms with Crippen molar-refractivity contribution in [1.29, 1.82) is 0 Å². The van der Waals surface area contributed by atoms with Crippen molar-refractivity contribution in [2.24, 2.45) is 0 Å². The predicted octanol–water partition coefficient (Wildman–Crippen LogP) is 4.31. The fraction of sp³-hybridized carbons (Fsp3) is 0.158. The summed E-state index contributed by atoms with van der Waals surface area (Å²) < 4.78 is 18.7. The number of nitrogens with zero attached hydrogens (tertiary/aromatic N) is 2. The van der Waals surface area contributed by atoms with Gasteiger partial charge in [-0.25, -0.2) is 9.37 Å². The van der Waals surface area contributed by atoms with Crippen molar-refractivity contribution >= 4 is 33.8 Å². The number of para-hydroxylation sites is 2. The van der Waals surface area contributed by atoms with Gasteiger partial charge in [-0.1, -0.05) is 12.1 Å². The average Bonchev–Trinajstić information content (AvgIpc) is 3.16. The van der Waals surface area contributed by atoms with Crippen LogP contribution in [0, 0.1) is 15.9 Å². The van der Waals surface area contributed by atoms with Crippen LogP contribution in [0.15, 0.2) is 47.8 Å². The molecule has 2 N–H and O–H groups in total. The molecule has 0 spiro atoms. The lowest BCUT2D eigenvalue weighted by Crippen LogP contribution is -2.16. The second kappa shape index (κ2) is 9.11. The molecule has 0 unspecified atom stereocenters. The van der Waals surface area contributed by atoms with Crippen LogP contribution in [0.2, 0.25) is 0 Å². The number of thiazole rings is 1. The summed E-state index contributed by atoms with van der Waals surface area (Å²) in [5.74, 6) is -0.647. The molecule has 0 radical (unpaired) electrons. The van der Waals surface area contributed by atoms with E-state index in [-0.39, 0.29) is 30.3 Å². The lowest BCUT2D eigenvalue weighted by molar-refractivity contribution is -0.384. The van der Waals surface area contributed by atoms with Crippen LogP contribution in [-0.4, -0.2) is 29.5 Å². The standard InChI is InChI=1S/C19H17FN4O4S/c1-28-17-7-6-12(10-13(17)20)15-11-29-19(22-15)23-18(25)8-9-21-14-4-2-3-5-16(14)24(26)27/h2-7,10-11,21H,8-9H2,1H3,(H,22,23,25). The lowest BCUT2D eigenvalue weighted by Gasteiger charge is -2.06.